The van der Waals surface area contributed by atoms with E-state index in [1.807, 2.05) is 23.9 Å². The molecular weight excluding hydrogens is 188 g/mol. The van der Waals surface area contributed by atoms with E-state index in [0.29, 0.717) is 10.8 Å². The smallest absolute Gasteiger partial charge is 0.156 e. The molecule has 13 heavy (non-hydrogen) atoms. The maximum Gasteiger partial charge on any atom is 0.156 e. The van der Waals surface area contributed by atoms with Crippen LogP contribution in [0.3, 0.4) is 0 Å². The van der Waals surface area contributed by atoms with E-state index in [0.717, 1.165) is 11.0 Å². The number of nitrogens with zero attached hydrogens (tertiary/aromatic N) is 2. The molecule has 0 amide bonds. The molecule has 0 radical (unpaired) electrons. The predicted molar refractivity (Wildman–Crippen MR) is 52.3 cm³/mol. The van der Waals surface area contributed by atoms with Gasteiger partial charge in [0.1, 0.15) is 5.65 Å². The Morgan fingerprint density at radius 3 is 3.00 bits per heavy atom. The first-order valence-corrected chi connectivity index (χ1v) is 4.25. The van der Waals surface area contributed by atoms with E-state index >= 15 is 0 Å². The van der Waals surface area contributed by atoms with Gasteiger partial charge in [-0.3, -0.25) is 0 Å². The summed E-state index contributed by atoms with van der Waals surface area (Å²) in [6.45, 7) is 0. The normalized spacial score (nSPS) is 10.7. The van der Waals surface area contributed by atoms with Crippen LogP contribution in [0.1, 0.15) is 0 Å². The number of hydrogen-bond donors (Lipinski definition) is 0. The number of halogens is 1. The largest absolute Gasteiger partial charge is 0.494 e. The van der Waals surface area contributed by atoms with Gasteiger partial charge in [-0.2, -0.15) is 0 Å². The number of rotatable bonds is 1. The van der Waals surface area contributed by atoms with E-state index < -0.39 is 0 Å². The topological polar surface area (TPSA) is 27.1 Å². The van der Waals surface area contributed by atoms with Gasteiger partial charge in [-0.25, -0.2) is 4.98 Å². The highest BCUT2D eigenvalue weighted by molar-refractivity contribution is 6.36. The SMILES string of the molecule is COc1cnc2c(ccn2C)c1Cl. The molecule has 3 nitrogen and oxygen atoms in total. The third-order valence-corrected chi connectivity index (χ3v) is 2.41. The number of pyridine rings is 1. The number of aromatic nitrogens is 2. The lowest BCUT2D eigenvalue weighted by molar-refractivity contribution is 0.414. The van der Waals surface area contributed by atoms with E-state index in [9.17, 15) is 0 Å². The van der Waals surface area contributed by atoms with Crippen LogP contribution in [0.15, 0.2) is 18.5 Å². The Morgan fingerprint density at radius 1 is 1.54 bits per heavy atom. The Balaban J connectivity index is 2.80. The summed E-state index contributed by atoms with van der Waals surface area (Å²) in [4.78, 5) is 4.23. The van der Waals surface area contributed by atoms with Crippen LogP contribution in [-0.2, 0) is 7.05 Å². The van der Waals surface area contributed by atoms with Gasteiger partial charge >= 0.3 is 0 Å². The van der Waals surface area contributed by atoms with Gasteiger partial charge in [-0.15, -0.1) is 0 Å². The maximum atomic E-state index is 6.08. The Labute approximate surface area is 80.9 Å². The van der Waals surface area contributed by atoms with Crippen LogP contribution in [0.25, 0.3) is 11.0 Å². The van der Waals surface area contributed by atoms with Crippen LogP contribution in [0.2, 0.25) is 5.02 Å². The summed E-state index contributed by atoms with van der Waals surface area (Å²) < 4.78 is 6.98. The highest BCUT2D eigenvalue weighted by Crippen LogP contribution is 2.30. The zero-order valence-electron chi connectivity index (χ0n) is 7.41. The van der Waals surface area contributed by atoms with Crippen molar-refractivity contribution in [3.05, 3.63) is 23.5 Å². The van der Waals surface area contributed by atoms with Crippen LogP contribution in [0.4, 0.5) is 0 Å². The molecule has 2 rings (SSSR count). The fourth-order valence-electron chi connectivity index (χ4n) is 1.30. The standard InChI is InChI=1S/C9H9ClN2O/c1-12-4-3-6-8(10)7(13-2)5-11-9(6)12/h3-5H,1-2H3. The molecule has 2 aromatic heterocycles. The van der Waals surface area contributed by atoms with Crippen molar-refractivity contribution in [3.63, 3.8) is 0 Å². The Bertz CT molecular complexity index is 450. The lowest BCUT2D eigenvalue weighted by Gasteiger charge is -2.02. The molecule has 68 valence electrons. The minimum Gasteiger partial charge on any atom is -0.494 e. The highest BCUT2D eigenvalue weighted by atomic mass is 35.5. The van der Waals surface area contributed by atoms with Gasteiger partial charge in [0.2, 0.25) is 0 Å². The molecule has 0 atom stereocenters. The van der Waals surface area contributed by atoms with Gasteiger partial charge in [0.05, 0.1) is 18.3 Å². The third kappa shape index (κ3) is 1.16. The van der Waals surface area contributed by atoms with Gasteiger partial charge in [0.25, 0.3) is 0 Å². The molecule has 0 bridgehead atoms. The van der Waals surface area contributed by atoms with Crippen molar-refractivity contribution in [1.29, 1.82) is 0 Å². The van der Waals surface area contributed by atoms with Crippen LogP contribution in [0.5, 0.6) is 5.75 Å². The zero-order chi connectivity index (χ0) is 9.42. The molecule has 0 N–H and O–H groups in total. The van der Waals surface area contributed by atoms with Gasteiger partial charge in [0, 0.05) is 18.6 Å². The lowest BCUT2D eigenvalue weighted by atomic mass is 10.3. The molecule has 2 aromatic rings. The van der Waals surface area contributed by atoms with E-state index in [-0.39, 0.29) is 0 Å². The molecule has 0 aliphatic rings. The van der Waals surface area contributed by atoms with Crippen molar-refractivity contribution in [1.82, 2.24) is 9.55 Å². The van der Waals surface area contributed by atoms with Crippen LogP contribution in [0, 0.1) is 0 Å². The van der Waals surface area contributed by atoms with Gasteiger partial charge in [-0.05, 0) is 6.07 Å². The summed E-state index contributed by atoms with van der Waals surface area (Å²) >= 11 is 6.08. The molecule has 0 saturated carbocycles. The molecule has 4 heteroatoms. The number of ether oxygens (including phenoxy) is 1. The zero-order valence-corrected chi connectivity index (χ0v) is 8.17. The van der Waals surface area contributed by atoms with Crippen molar-refractivity contribution >= 4 is 22.6 Å². The maximum absolute atomic E-state index is 6.08. The average Bonchev–Trinajstić information content (AvgIpc) is 2.50. The number of aryl methyl sites for hydroxylation is 1. The molecule has 0 fully saturated rings. The van der Waals surface area contributed by atoms with Crippen LogP contribution >= 0.6 is 11.6 Å². The highest BCUT2D eigenvalue weighted by Gasteiger charge is 2.08. The van der Waals surface area contributed by atoms with Crippen LogP contribution < -0.4 is 4.74 Å². The number of methoxy groups -OCH3 is 1. The second-order valence-corrected chi connectivity index (χ2v) is 3.18. The summed E-state index contributed by atoms with van der Waals surface area (Å²) in [5.41, 5.74) is 0.866. The molecule has 0 aliphatic carbocycles. The molecule has 0 aliphatic heterocycles. The molecule has 2 heterocycles. The summed E-state index contributed by atoms with van der Waals surface area (Å²) in [6.07, 6.45) is 3.55. The molecular formula is C9H9ClN2O. The second-order valence-electron chi connectivity index (χ2n) is 2.80. The van der Waals surface area contributed by atoms with Gasteiger partial charge in [0.15, 0.2) is 5.75 Å². The van der Waals surface area contributed by atoms with Crippen molar-refractivity contribution in [2.75, 3.05) is 7.11 Å². The van der Waals surface area contributed by atoms with Crippen LogP contribution in [-0.4, -0.2) is 16.7 Å². The quantitative estimate of drug-likeness (QED) is 0.700. The Morgan fingerprint density at radius 2 is 2.31 bits per heavy atom. The molecule has 0 aromatic carbocycles. The fourth-order valence-corrected chi connectivity index (χ4v) is 1.58. The number of fused-ring (bicyclic) bond motifs is 1. The van der Waals surface area contributed by atoms with E-state index in [4.69, 9.17) is 16.3 Å². The minimum atomic E-state index is 0.611. The summed E-state index contributed by atoms with van der Waals surface area (Å²) in [7, 11) is 3.51. The van der Waals surface area contributed by atoms with Gasteiger partial charge in [-0.1, -0.05) is 11.6 Å². The lowest BCUT2D eigenvalue weighted by Crippen LogP contribution is -1.90. The summed E-state index contributed by atoms with van der Waals surface area (Å²) in [5.74, 6) is 0.611. The summed E-state index contributed by atoms with van der Waals surface area (Å²) in [5, 5.41) is 1.54. The Hall–Kier alpha value is -1.22. The van der Waals surface area contributed by atoms with Crippen molar-refractivity contribution in [2.24, 2.45) is 7.05 Å². The monoisotopic (exact) mass is 196 g/mol. The van der Waals surface area contributed by atoms with Crippen molar-refractivity contribution < 1.29 is 4.74 Å². The predicted octanol–water partition coefficient (Wildman–Crippen LogP) is 2.24. The molecule has 0 spiro atoms. The molecule has 0 saturated heterocycles. The first-order valence-electron chi connectivity index (χ1n) is 3.87. The van der Waals surface area contributed by atoms with E-state index in [1.165, 1.54) is 0 Å². The second kappa shape index (κ2) is 2.92. The van der Waals surface area contributed by atoms with Crippen molar-refractivity contribution in [2.45, 2.75) is 0 Å². The van der Waals surface area contributed by atoms with Gasteiger partial charge < -0.3 is 9.30 Å². The third-order valence-electron chi connectivity index (χ3n) is 2.02. The average molecular weight is 197 g/mol. The fraction of sp³-hybridized carbons (Fsp3) is 0.222. The minimum absolute atomic E-state index is 0.611. The van der Waals surface area contributed by atoms with E-state index in [1.54, 1.807) is 13.3 Å². The number of hydrogen-bond acceptors (Lipinski definition) is 2. The van der Waals surface area contributed by atoms with E-state index in [2.05, 4.69) is 4.98 Å². The first kappa shape index (κ1) is 8.38. The summed E-state index contributed by atoms with van der Waals surface area (Å²) in [6, 6.07) is 1.92. The Kier molecular flexibility index (Phi) is 1.88. The van der Waals surface area contributed by atoms with Crippen molar-refractivity contribution in [3.8, 4) is 5.75 Å². The molecule has 0 unspecified atom stereocenters. The first-order chi connectivity index (χ1) is 6.24.